The zero-order chi connectivity index (χ0) is 19.3. The highest BCUT2D eigenvalue weighted by molar-refractivity contribution is 7.13. The minimum Gasteiger partial charge on any atom is -0.322 e. The molecule has 0 atom stereocenters. The molecule has 4 rings (SSSR count). The van der Waals surface area contributed by atoms with E-state index in [4.69, 9.17) is 0 Å². The summed E-state index contributed by atoms with van der Waals surface area (Å²) in [4.78, 5) is 23.4. The quantitative estimate of drug-likeness (QED) is 0.487. The summed E-state index contributed by atoms with van der Waals surface area (Å²) in [7, 11) is 0. The van der Waals surface area contributed by atoms with Crippen LogP contribution >= 0.6 is 11.3 Å². The molecule has 0 fully saturated rings. The maximum absolute atomic E-state index is 12.8. The first-order chi connectivity index (χ1) is 13.7. The van der Waals surface area contributed by atoms with Gasteiger partial charge in [0.2, 0.25) is 0 Å². The minimum absolute atomic E-state index is 0.152. The molecule has 0 aliphatic carbocycles. The smallest absolute Gasteiger partial charge is 0.255 e. The molecule has 5 nitrogen and oxygen atoms in total. The zero-order valence-corrected chi connectivity index (χ0v) is 16.1. The summed E-state index contributed by atoms with van der Waals surface area (Å²) < 4.78 is 0. The minimum atomic E-state index is -0.152. The van der Waals surface area contributed by atoms with E-state index in [1.807, 2.05) is 77.9 Å². The first-order valence-corrected chi connectivity index (χ1v) is 9.67. The molecule has 0 saturated heterocycles. The van der Waals surface area contributed by atoms with Gasteiger partial charge in [-0.15, -0.1) is 11.3 Å². The number of pyridine rings is 1. The highest BCUT2D eigenvalue weighted by Crippen LogP contribution is 2.37. The molecule has 2 aromatic heterocycles. The first-order valence-electron chi connectivity index (χ1n) is 8.79. The van der Waals surface area contributed by atoms with Gasteiger partial charge in [0, 0.05) is 35.2 Å². The Bertz CT molecular complexity index is 1070. The molecule has 0 spiro atoms. The number of thiazole rings is 1. The molecule has 138 valence electrons. The maximum atomic E-state index is 12.8. The number of aryl methyl sites for hydroxylation is 1. The average molecular weight is 386 g/mol. The third-order valence-electron chi connectivity index (χ3n) is 4.28. The lowest BCUT2D eigenvalue weighted by Crippen LogP contribution is -2.15. The molecule has 0 aliphatic heterocycles. The normalized spacial score (nSPS) is 10.5. The van der Waals surface area contributed by atoms with Crippen LogP contribution in [0.5, 0.6) is 0 Å². The van der Waals surface area contributed by atoms with Gasteiger partial charge in [-0.3, -0.25) is 14.7 Å². The van der Waals surface area contributed by atoms with Crippen molar-refractivity contribution >= 4 is 39.4 Å². The number of aromatic nitrogens is 2. The standard InChI is InChI=1S/C22H18N4OS/c1-16-7-8-17(21(27)25-18-5-3-2-4-6-18)15-20(16)26(22-24-13-14-28-22)19-9-11-23-12-10-19/h2-15H,1H3,(H,25,27). The summed E-state index contributed by atoms with van der Waals surface area (Å²) >= 11 is 1.54. The lowest BCUT2D eigenvalue weighted by molar-refractivity contribution is 0.102. The number of benzene rings is 2. The number of amides is 1. The maximum Gasteiger partial charge on any atom is 0.255 e. The van der Waals surface area contributed by atoms with Gasteiger partial charge in [-0.1, -0.05) is 24.3 Å². The second kappa shape index (κ2) is 8.02. The summed E-state index contributed by atoms with van der Waals surface area (Å²) in [5.41, 5.74) is 4.24. The largest absolute Gasteiger partial charge is 0.322 e. The SMILES string of the molecule is Cc1ccc(C(=O)Nc2ccccc2)cc1N(c1ccncc1)c1nccs1. The third kappa shape index (κ3) is 3.77. The Morgan fingerprint density at radius 1 is 1.00 bits per heavy atom. The van der Waals surface area contributed by atoms with Crippen LogP contribution in [0.25, 0.3) is 0 Å². The van der Waals surface area contributed by atoms with Gasteiger partial charge in [0.05, 0.1) is 11.4 Å². The van der Waals surface area contributed by atoms with Gasteiger partial charge >= 0.3 is 0 Å². The second-order valence-corrected chi connectivity index (χ2v) is 7.05. The fourth-order valence-electron chi connectivity index (χ4n) is 2.89. The highest BCUT2D eigenvalue weighted by atomic mass is 32.1. The number of hydrogen-bond donors (Lipinski definition) is 1. The number of carbonyl (C=O) groups is 1. The van der Waals surface area contributed by atoms with Crippen LogP contribution in [-0.2, 0) is 0 Å². The Kier molecular flexibility index (Phi) is 5.12. The predicted molar refractivity (Wildman–Crippen MR) is 114 cm³/mol. The Hall–Kier alpha value is -3.51. The monoisotopic (exact) mass is 386 g/mol. The van der Waals surface area contributed by atoms with Crippen LogP contribution in [0.2, 0.25) is 0 Å². The number of para-hydroxylation sites is 1. The van der Waals surface area contributed by atoms with E-state index in [-0.39, 0.29) is 5.91 Å². The van der Waals surface area contributed by atoms with E-state index in [9.17, 15) is 4.79 Å². The van der Waals surface area contributed by atoms with Crippen LogP contribution in [0, 0.1) is 6.92 Å². The first kappa shape index (κ1) is 17.9. The van der Waals surface area contributed by atoms with Crippen molar-refractivity contribution in [2.75, 3.05) is 10.2 Å². The summed E-state index contributed by atoms with van der Waals surface area (Å²) in [5, 5.41) is 5.70. The van der Waals surface area contributed by atoms with Crippen molar-refractivity contribution in [1.82, 2.24) is 9.97 Å². The van der Waals surface area contributed by atoms with Crippen molar-refractivity contribution < 1.29 is 4.79 Å². The van der Waals surface area contributed by atoms with E-state index < -0.39 is 0 Å². The van der Waals surface area contributed by atoms with Gasteiger partial charge in [0.15, 0.2) is 5.13 Å². The van der Waals surface area contributed by atoms with E-state index in [0.29, 0.717) is 5.56 Å². The van der Waals surface area contributed by atoms with Gasteiger partial charge in [0.1, 0.15) is 0 Å². The van der Waals surface area contributed by atoms with Crippen molar-refractivity contribution in [3.63, 3.8) is 0 Å². The molecule has 0 aliphatic rings. The number of nitrogens with one attached hydrogen (secondary N) is 1. The molecule has 0 saturated carbocycles. The lowest BCUT2D eigenvalue weighted by Gasteiger charge is -2.24. The van der Waals surface area contributed by atoms with Crippen molar-refractivity contribution in [2.45, 2.75) is 6.92 Å². The summed E-state index contributed by atoms with van der Waals surface area (Å²) in [5.74, 6) is -0.152. The molecule has 2 heterocycles. The van der Waals surface area contributed by atoms with Crippen molar-refractivity contribution in [1.29, 1.82) is 0 Å². The topological polar surface area (TPSA) is 58.1 Å². The molecule has 0 unspecified atom stereocenters. The molecule has 2 aromatic carbocycles. The van der Waals surface area contributed by atoms with E-state index >= 15 is 0 Å². The molecule has 4 aromatic rings. The Labute approximate surface area is 167 Å². The van der Waals surface area contributed by atoms with Gasteiger partial charge in [-0.2, -0.15) is 0 Å². The van der Waals surface area contributed by atoms with Crippen LogP contribution < -0.4 is 10.2 Å². The molecular weight excluding hydrogens is 368 g/mol. The molecular formula is C22H18N4OS. The van der Waals surface area contributed by atoms with Crippen LogP contribution in [0.15, 0.2) is 84.6 Å². The van der Waals surface area contributed by atoms with E-state index in [1.165, 1.54) is 0 Å². The van der Waals surface area contributed by atoms with E-state index in [2.05, 4.69) is 15.3 Å². The van der Waals surface area contributed by atoms with E-state index in [1.54, 1.807) is 29.9 Å². The summed E-state index contributed by atoms with van der Waals surface area (Å²) in [6.45, 7) is 2.02. The molecule has 0 bridgehead atoms. The van der Waals surface area contributed by atoms with Crippen molar-refractivity contribution in [3.8, 4) is 0 Å². The Balaban J connectivity index is 1.73. The third-order valence-corrected chi connectivity index (χ3v) is 5.03. The summed E-state index contributed by atoms with van der Waals surface area (Å²) in [6, 6.07) is 19.0. The van der Waals surface area contributed by atoms with Crippen LogP contribution in [0.1, 0.15) is 15.9 Å². The molecule has 28 heavy (non-hydrogen) atoms. The summed E-state index contributed by atoms with van der Waals surface area (Å²) in [6.07, 6.45) is 5.27. The van der Waals surface area contributed by atoms with Gasteiger partial charge in [-0.25, -0.2) is 4.98 Å². The number of anilines is 4. The molecule has 0 radical (unpaired) electrons. The average Bonchev–Trinajstić information content (AvgIpc) is 3.25. The molecule has 1 N–H and O–H groups in total. The van der Waals surface area contributed by atoms with Crippen LogP contribution in [0.3, 0.4) is 0 Å². The van der Waals surface area contributed by atoms with Gasteiger partial charge in [-0.05, 0) is 48.9 Å². The molecule has 1 amide bonds. The fraction of sp³-hybridized carbons (Fsp3) is 0.0455. The zero-order valence-electron chi connectivity index (χ0n) is 15.2. The van der Waals surface area contributed by atoms with Gasteiger partial charge < -0.3 is 5.32 Å². The Morgan fingerprint density at radius 2 is 1.79 bits per heavy atom. The Morgan fingerprint density at radius 3 is 2.50 bits per heavy atom. The lowest BCUT2D eigenvalue weighted by atomic mass is 10.1. The predicted octanol–water partition coefficient (Wildman–Crippen LogP) is 5.57. The van der Waals surface area contributed by atoms with Crippen molar-refractivity contribution in [2.24, 2.45) is 0 Å². The fourth-order valence-corrected chi connectivity index (χ4v) is 3.56. The number of nitrogens with zero attached hydrogens (tertiary/aromatic N) is 3. The van der Waals surface area contributed by atoms with Crippen LogP contribution in [-0.4, -0.2) is 15.9 Å². The second-order valence-electron chi connectivity index (χ2n) is 6.18. The van der Waals surface area contributed by atoms with Gasteiger partial charge in [0.25, 0.3) is 5.91 Å². The van der Waals surface area contributed by atoms with Crippen LogP contribution in [0.4, 0.5) is 22.2 Å². The number of rotatable bonds is 5. The number of carbonyl (C=O) groups excluding carboxylic acids is 1. The van der Waals surface area contributed by atoms with Crippen molar-refractivity contribution in [3.05, 3.63) is 95.8 Å². The highest BCUT2D eigenvalue weighted by Gasteiger charge is 2.18. The van der Waals surface area contributed by atoms with E-state index in [0.717, 1.165) is 27.8 Å². The molecule has 6 heteroatoms. The number of hydrogen-bond acceptors (Lipinski definition) is 5.